The molecule has 0 amide bonds. The van der Waals surface area contributed by atoms with Crippen LogP contribution in [0, 0.1) is 17.8 Å². The number of rotatable bonds is 6. The zero-order chi connectivity index (χ0) is 16.1. The van der Waals surface area contributed by atoms with Gasteiger partial charge in [0.1, 0.15) is 6.10 Å². The van der Waals surface area contributed by atoms with Crippen LogP contribution in [-0.2, 0) is 22.5 Å². The van der Waals surface area contributed by atoms with Crippen molar-refractivity contribution in [1.29, 1.82) is 0 Å². The van der Waals surface area contributed by atoms with Crippen LogP contribution in [0.1, 0.15) is 57.9 Å². The highest BCUT2D eigenvalue weighted by atomic mass is 16.5. The molecular weight excluding hydrogens is 280 g/mol. The van der Waals surface area contributed by atoms with Gasteiger partial charge in [-0.2, -0.15) is 0 Å². The van der Waals surface area contributed by atoms with Gasteiger partial charge in [0, 0.05) is 12.5 Å². The predicted octanol–water partition coefficient (Wildman–Crippen LogP) is 3.07. The molecule has 1 aromatic rings. The van der Waals surface area contributed by atoms with Crippen molar-refractivity contribution in [3.05, 3.63) is 17.5 Å². The summed E-state index contributed by atoms with van der Waals surface area (Å²) in [7, 11) is 0. The lowest BCUT2D eigenvalue weighted by molar-refractivity contribution is -0.155. The van der Waals surface area contributed by atoms with Gasteiger partial charge in [0.2, 0.25) is 0 Å². The van der Waals surface area contributed by atoms with E-state index in [2.05, 4.69) is 25.9 Å². The maximum atomic E-state index is 12.1. The topological polar surface area (TPSA) is 78.4 Å². The first-order chi connectivity index (χ1) is 10.5. The zero-order valence-electron chi connectivity index (χ0n) is 13.9. The van der Waals surface area contributed by atoms with Crippen molar-refractivity contribution in [3.63, 3.8) is 0 Å². The van der Waals surface area contributed by atoms with Crippen molar-refractivity contribution in [2.45, 2.75) is 65.5 Å². The van der Waals surface area contributed by atoms with E-state index in [1.807, 2.05) is 0 Å². The molecule has 0 spiro atoms. The van der Waals surface area contributed by atoms with Crippen LogP contribution in [0.5, 0.6) is 0 Å². The van der Waals surface area contributed by atoms with Crippen molar-refractivity contribution < 1.29 is 14.1 Å². The fourth-order valence-corrected chi connectivity index (χ4v) is 3.28. The largest absolute Gasteiger partial charge is 0.462 e. The highest BCUT2D eigenvalue weighted by Crippen LogP contribution is 2.35. The Labute approximate surface area is 132 Å². The first kappa shape index (κ1) is 17.0. The normalized spacial score (nSPS) is 25.4. The average molecular weight is 308 g/mol. The Morgan fingerprint density at radius 2 is 2.27 bits per heavy atom. The lowest BCUT2D eigenvalue weighted by Crippen LogP contribution is -2.35. The lowest BCUT2D eigenvalue weighted by Gasteiger charge is -2.36. The number of aryl methyl sites for hydroxylation is 1. The molecule has 2 rings (SSSR count). The Morgan fingerprint density at radius 1 is 1.50 bits per heavy atom. The Morgan fingerprint density at radius 3 is 2.91 bits per heavy atom. The van der Waals surface area contributed by atoms with Crippen LogP contribution in [0.15, 0.2) is 10.6 Å². The van der Waals surface area contributed by atoms with E-state index in [-0.39, 0.29) is 12.1 Å². The molecule has 1 saturated carbocycles. The molecule has 0 aromatic carbocycles. The molecule has 22 heavy (non-hydrogen) atoms. The van der Waals surface area contributed by atoms with E-state index in [1.54, 1.807) is 6.07 Å². The van der Waals surface area contributed by atoms with Crippen molar-refractivity contribution >= 4 is 5.97 Å². The van der Waals surface area contributed by atoms with E-state index < -0.39 is 0 Å². The molecule has 5 heteroatoms. The van der Waals surface area contributed by atoms with E-state index in [1.165, 1.54) is 6.42 Å². The number of nitrogens with zero attached hydrogens (tertiary/aromatic N) is 1. The van der Waals surface area contributed by atoms with E-state index in [0.717, 1.165) is 18.5 Å². The number of carbonyl (C=O) groups is 1. The number of esters is 1. The number of aromatic nitrogens is 1. The minimum atomic E-state index is -0.137. The van der Waals surface area contributed by atoms with Crippen molar-refractivity contribution in [3.8, 4) is 0 Å². The van der Waals surface area contributed by atoms with Crippen LogP contribution >= 0.6 is 0 Å². The van der Waals surface area contributed by atoms with Crippen LogP contribution < -0.4 is 5.73 Å². The van der Waals surface area contributed by atoms with Gasteiger partial charge in [-0.1, -0.05) is 32.3 Å². The van der Waals surface area contributed by atoms with Crippen molar-refractivity contribution in [1.82, 2.24) is 5.16 Å². The predicted molar refractivity (Wildman–Crippen MR) is 83.9 cm³/mol. The van der Waals surface area contributed by atoms with Gasteiger partial charge in [0.05, 0.1) is 18.7 Å². The third-order valence-electron chi connectivity index (χ3n) is 4.64. The smallest absolute Gasteiger partial charge is 0.306 e. The van der Waals surface area contributed by atoms with Gasteiger partial charge in [-0.25, -0.2) is 0 Å². The second-order valence-corrected chi connectivity index (χ2v) is 6.84. The van der Waals surface area contributed by atoms with Gasteiger partial charge in [-0.05, 0) is 30.6 Å². The van der Waals surface area contributed by atoms with Crippen molar-refractivity contribution in [2.75, 3.05) is 0 Å². The summed E-state index contributed by atoms with van der Waals surface area (Å²) in [6, 6.07) is 1.80. The van der Waals surface area contributed by atoms with E-state index >= 15 is 0 Å². The molecule has 1 aliphatic carbocycles. The molecule has 1 heterocycles. The summed E-state index contributed by atoms with van der Waals surface area (Å²) in [6.45, 7) is 6.99. The molecule has 0 radical (unpaired) electrons. The van der Waals surface area contributed by atoms with Gasteiger partial charge < -0.3 is 15.0 Å². The minimum Gasteiger partial charge on any atom is -0.462 e. The highest BCUT2D eigenvalue weighted by molar-refractivity contribution is 5.69. The Hall–Kier alpha value is -1.36. The summed E-state index contributed by atoms with van der Waals surface area (Å²) in [5.74, 6) is 2.17. The molecule has 0 bridgehead atoms. The summed E-state index contributed by atoms with van der Waals surface area (Å²) in [5, 5.41) is 3.90. The number of hydrogen-bond acceptors (Lipinski definition) is 5. The molecular formula is C17H28N2O3. The second-order valence-electron chi connectivity index (χ2n) is 6.84. The maximum absolute atomic E-state index is 12.1. The molecule has 124 valence electrons. The molecule has 2 N–H and O–H groups in total. The second kappa shape index (κ2) is 7.77. The van der Waals surface area contributed by atoms with Gasteiger partial charge in [-0.15, -0.1) is 0 Å². The SMILES string of the molecule is CC(C)[C@H]1CC[C@H](C)C[C@H]1OC(=O)CCc1cc(CN)on1. The van der Waals surface area contributed by atoms with Gasteiger partial charge in [0.25, 0.3) is 0 Å². The van der Waals surface area contributed by atoms with Crippen LogP contribution in [-0.4, -0.2) is 17.2 Å². The third kappa shape index (κ3) is 4.57. The fourth-order valence-electron chi connectivity index (χ4n) is 3.28. The van der Waals surface area contributed by atoms with Gasteiger partial charge in [-0.3, -0.25) is 4.79 Å². The number of nitrogens with two attached hydrogens (primary N) is 1. The third-order valence-corrected chi connectivity index (χ3v) is 4.64. The number of hydrogen-bond donors (Lipinski definition) is 1. The van der Waals surface area contributed by atoms with E-state index in [4.69, 9.17) is 15.0 Å². The van der Waals surface area contributed by atoms with E-state index in [0.29, 0.717) is 42.9 Å². The van der Waals surface area contributed by atoms with Crippen LogP contribution in [0.25, 0.3) is 0 Å². The van der Waals surface area contributed by atoms with Gasteiger partial charge in [0.15, 0.2) is 5.76 Å². The quantitative estimate of drug-likeness (QED) is 0.817. The average Bonchev–Trinajstić information content (AvgIpc) is 2.93. The van der Waals surface area contributed by atoms with Gasteiger partial charge >= 0.3 is 5.97 Å². The molecule has 3 atom stereocenters. The first-order valence-corrected chi connectivity index (χ1v) is 8.33. The summed E-state index contributed by atoms with van der Waals surface area (Å²) >= 11 is 0. The minimum absolute atomic E-state index is 0.0631. The van der Waals surface area contributed by atoms with Crippen molar-refractivity contribution in [2.24, 2.45) is 23.5 Å². The van der Waals surface area contributed by atoms with Crippen LogP contribution in [0.4, 0.5) is 0 Å². The molecule has 1 fully saturated rings. The Balaban J connectivity index is 1.84. The summed E-state index contributed by atoms with van der Waals surface area (Å²) in [6.07, 6.45) is 4.31. The van der Waals surface area contributed by atoms with Crippen LogP contribution in [0.2, 0.25) is 0 Å². The molecule has 0 unspecified atom stereocenters. The van der Waals surface area contributed by atoms with Crippen LogP contribution in [0.3, 0.4) is 0 Å². The molecule has 0 saturated heterocycles. The zero-order valence-corrected chi connectivity index (χ0v) is 13.9. The monoisotopic (exact) mass is 308 g/mol. The standard InChI is InChI=1S/C17H28N2O3/c1-11(2)15-6-4-12(3)8-16(15)21-17(20)7-5-13-9-14(10-18)22-19-13/h9,11-12,15-16H,4-8,10,18H2,1-3H3/t12-,15+,16+/m0/s1. The number of ether oxygens (including phenoxy) is 1. The molecule has 1 aromatic heterocycles. The number of carbonyl (C=O) groups excluding carboxylic acids is 1. The lowest BCUT2D eigenvalue weighted by atomic mass is 9.75. The summed E-state index contributed by atoms with van der Waals surface area (Å²) in [4.78, 5) is 12.1. The Kier molecular flexibility index (Phi) is 6.00. The molecule has 5 nitrogen and oxygen atoms in total. The van der Waals surface area contributed by atoms with E-state index in [9.17, 15) is 4.79 Å². The molecule has 1 aliphatic rings. The maximum Gasteiger partial charge on any atom is 0.306 e. The fraction of sp³-hybridized carbons (Fsp3) is 0.765. The highest BCUT2D eigenvalue weighted by Gasteiger charge is 2.33. The first-order valence-electron chi connectivity index (χ1n) is 8.33. The Bertz CT molecular complexity index is 484. The summed E-state index contributed by atoms with van der Waals surface area (Å²) < 4.78 is 10.8. The molecule has 0 aliphatic heterocycles. The summed E-state index contributed by atoms with van der Waals surface area (Å²) in [5.41, 5.74) is 6.23.